The molecule has 1 aromatic carbocycles. The van der Waals surface area contributed by atoms with Crippen LogP contribution in [-0.2, 0) is 17.6 Å². The zero-order valence-corrected chi connectivity index (χ0v) is 13.6. The molecule has 1 unspecified atom stereocenters. The van der Waals surface area contributed by atoms with Gasteiger partial charge in [0.25, 0.3) is 0 Å². The molecule has 4 rings (SSSR count). The molecule has 2 aliphatic heterocycles. The van der Waals surface area contributed by atoms with Gasteiger partial charge in [-0.2, -0.15) is 5.10 Å². The third kappa shape index (κ3) is 3.33. The highest BCUT2D eigenvalue weighted by Crippen LogP contribution is 2.26. The predicted octanol–water partition coefficient (Wildman–Crippen LogP) is 3.05. The molecule has 3 heterocycles. The lowest BCUT2D eigenvalue weighted by molar-refractivity contribution is -0.00499. The van der Waals surface area contributed by atoms with E-state index in [9.17, 15) is 0 Å². The van der Waals surface area contributed by atoms with Crippen molar-refractivity contribution in [3.8, 4) is 11.3 Å². The number of rotatable bonds is 3. The Morgan fingerprint density at radius 2 is 2.00 bits per heavy atom. The average molecular weight is 311 g/mol. The van der Waals surface area contributed by atoms with Crippen molar-refractivity contribution in [2.45, 2.75) is 38.2 Å². The lowest BCUT2D eigenvalue weighted by atomic mass is 10.0. The van der Waals surface area contributed by atoms with Crippen LogP contribution < -0.4 is 0 Å². The van der Waals surface area contributed by atoms with E-state index in [1.807, 2.05) is 0 Å². The fraction of sp³-hybridized carbons (Fsp3) is 0.526. The monoisotopic (exact) mass is 311 g/mol. The Hall–Kier alpha value is -1.65. The van der Waals surface area contributed by atoms with E-state index in [1.165, 1.54) is 36.1 Å². The molecule has 1 saturated heterocycles. The summed E-state index contributed by atoms with van der Waals surface area (Å²) in [5.74, 6) is 0. The normalized spacial score (nSPS) is 22.5. The Balaban J connectivity index is 1.46. The van der Waals surface area contributed by atoms with Gasteiger partial charge in [0.1, 0.15) is 0 Å². The second-order valence-corrected chi connectivity index (χ2v) is 6.68. The number of fused-ring (bicyclic) bond motifs is 1. The summed E-state index contributed by atoms with van der Waals surface area (Å²) >= 11 is 0. The van der Waals surface area contributed by atoms with Gasteiger partial charge in [-0.05, 0) is 25.7 Å². The molecule has 1 fully saturated rings. The molecule has 0 spiro atoms. The quantitative estimate of drug-likeness (QED) is 0.947. The van der Waals surface area contributed by atoms with Crippen molar-refractivity contribution in [3.05, 3.63) is 41.6 Å². The third-order valence-electron chi connectivity index (χ3n) is 5.09. The first-order chi connectivity index (χ1) is 11.4. The maximum Gasteiger partial charge on any atom is 0.0955 e. The van der Waals surface area contributed by atoms with E-state index >= 15 is 0 Å². The van der Waals surface area contributed by atoms with Crippen LogP contribution in [0.25, 0.3) is 11.3 Å². The van der Waals surface area contributed by atoms with Crippen LogP contribution in [0.2, 0.25) is 0 Å². The minimum absolute atomic E-state index is 0.437. The zero-order chi connectivity index (χ0) is 15.5. The maximum atomic E-state index is 5.91. The number of aromatic amines is 1. The van der Waals surface area contributed by atoms with Crippen molar-refractivity contribution >= 4 is 0 Å². The van der Waals surface area contributed by atoms with Crippen LogP contribution in [0.3, 0.4) is 0 Å². The van der Waals surface area contributed by atoms with Gasteiger partial charge in [0.15, 0.2) is 0 Å². The van der Waals surface area contributed by atoms with Crippen molar-refractivity contribution in [3.63, 3.8) is 0 Å². The van der Waals surface area contributed by atoms with Gasteiger partial charge < -0.3 is 9.64 Å². The first kappa shape index (κ1) is 14.9. The minimum atomic E-state index is 0.437. The molecule has 1 atom stereocenters. The second kappa shape index (κ2) is 6.85. The molecule has 0 radical (unpaired) electrons. The van der Waals surface area contributed by atoms with Crippen LogP contribution in [-0.4, -0.2) is 47.4 Å². The van der Waals surface area contributed by atoms with Crippen molar-refractivity contribution in [1.29, 1.82) is 0 Å². The highest BCUT2D eigenvalue weighted by atomic mass is 16.5. The van der Waals surface area contributed by atoms with E-state index < -0.39 is 0 Å². The van der Waals surface area contributed by atoms with Crippen LogP contribution in [0.15, 0.2) is 30.3 Å². The third-order valence-corrected chi connectivity index (χ3v) is 5.09. The van der Waals surface area contributed by atoms with Crippen molar-refractivity contribution in [2.75, 3.05) is 26.2 Å². The fourth-order valence-corrected chi connectivity index (χ4v) is 3.79. The first-order valence-corrected chi connectivity index (χ1v) is 8.85. The van der Waals surface area contributed by atoms with Gasteiger partial charge in [0.2, 0.25) is 0 Å². The van der Waals surface area contributed by atoms with Gasteiger partial charge in [-0.3, -0.25) is 5.10 Å². The lowest BCUT2D eigenvalue weighted by Crippen LogP contribution is -2.37. The molecule has 0 amide bonds. The molecule has 0 bridgehead atoms. The van der Waals surface area contributed by atoms with Gasteiger partial charge in [-0.15, -0.1) is 0 Å². The van der Waals surface area contributed by atoms with Crippen LogP contribution in [0.4, 0.5) is 0 Å². The summed E-state index contributed by atoms with van der Waals surface area (Å²) in [6, 6.07) is 10.5. The molecule has 2 aromatic rings. The number of H-pyrrole nitrogens is 1. The van der Waals surface area contributed by atoms with Crippen molar-refractivity contribution < 1.29 is 4.74 Å². The van der Waals surface area contributed by atoms with Crippen LogP contribution >= 0.6 is 0 Å². The van der Waals surface area contributed by atoms with Gasteiger partial charge in [0, 0.05) is 49.5 Å². The number of nitrogens with zero attached hydrogens (tertiary/aromatic N) is 2. The zero-order valence-electron chi connectivity index (χ0n) is 13.6. The molecular formula is C19H25N3O. The Labute approximate surface area is 137 Å². The van der Waals surface area contributed by atoms with Crippen LogP contribution in [0.5, 0.6) is 0 Å². The van der Waals surface area contributed by atoms with E-state index in [-0.39, 0.29) is 0 Å². The lowest BCUT2D eigenvalue weighted by Gasteiger charge is -2.29. The van der Waals surface area contributed by atoms with Crippen LogP contribution in [0.1, 0.15) is 30.5 Å². The topological polar surface area (TPSA) is 41.2 Å². The molecule has 0 aliphatic carbocycles. The number of hydrogen-bond acceptors (Lipinski definition) is 3. The SMILES string of the molecule is c1ccc(-c2n[nH]c3c2CCN(CC2CCCCO2)CC3)cc1. The standard InChI is InChI=1S/C19H25N3O/c1-2-6-15(7-3-1)19-17-9-11-22(12-10-18(17)20-21-19)14-16-8-4-5-13-23-16/h1-3,6-7,16H,4-5,8-14H2,(H,20,21). The number of benzene rings is 1. The van der Waals surface area contributed by atoms with E-state index in [4.69, 9.17) is 4.74 Å². The number of aromatic nitrogens is 2. The van der Waals surface area contributed by atoms with E-state index in [1.54, 1.807) is 0 Å². The first-order valence-electron chi connectivity index (χ1n) is 8.85. The maximum absolute atomic E-state index is 5.91. The molecule has 23 heavy (non-hydrogen) atoms. The molecule has 2 aliphatic rings. The largest absolute Gasteiger partial charge is 0.377 e. The van der Waals surface area contributed by atoms with Gasteiger partial charge in [0.05, 0.1) is 11.8 Å². The summed E-state index contributed by atoms with van der Waals surface area (Å²) in [7, 11) is 0. The van der Waals surface area contributed by atoms with E-state index in [2.05, 4.69) is 45.4 Å². The molecule has 4 heteroatoms. The Morgan fingerprint density at radius 1 is 1.13 bits per heavy atom. The number of nitrogens with one attached hydrogen (secondary N) is 1. The second-order valence-electron chi connectivity index (χ2n) is 6.68. The Morgan fingerprint density at radius 3 is 2.83 bits per heavy atom. The molecule has 1 N–H and O–H groups in total. The smallest absolute Gasteiger partial charge is 0.0955 e. The number of hydrogen-bond donors (Lipinski definition) is 1. The van der Waals surface area contributed by atoms with E-state index in [0.717, 1.165) is 44.8 Å². The molecule has 122 valence electrons. The molecule has 1 aromatic heterocycles. The highest BCUT2D eigenvalue weighted by molar-refractivity contribution is 5.64. The fourth-order valence-electron chi connectivity index (χ4n) is 3.79. The minimum Gasteiger partial charge on any atom is -0.377 e. The molecule has 0 saturated carbocycles. The summed E-state index contributed by atoms with van der Waals surface area (Å²) in [6.45, 7) is 4.23. The highest BCUT2D eigenvalue weighted by Gasteiger charge is 2.23. The van der Waals surface area contributed by atoms with Gasteiger partial charge >= 0.3 is 0 Å². The van der Waals surface area contributed by atoms with Gasteiger partial charge in [-0.1, -0.05) is 30.3 Å². The summed E-state index contributed by atoms with van der Waals surface area (Å²) in [6.07, 6.45) is 6.34. The van der Waals surface area contributed by atoms with E-state index in [0.29, 0.717) is 6.10 Å². The summed E-state index contributed by atoms with van der Waals surface area (Å²) in [4.78, 5) is 2.57. The number of ether oxygens (including phenoxy) is 1. The van der Waals surface area contributed by atoms with Crippen molar-refractivity contribution in [1.82, 2.24) is 15.1 Å². The van der Waals surface area contributed by atoms with Crippen molar-refractivity contribution in [2.24, 2.45) is 0 Å². The van der Waals surface area contributed by atoms with Gasteiger partial charge in [-0.25, -0.2) is 0 Å². The molecule has 4 nitrogen and oxygen atoms in total. The summed E-state index contributed by atoms with van der Waals surface area (Å²) in [5.41, 5.74) is 5.07. The summed E-state index contributed by atoms with van der Waals surface area (Å²) in [5, 5.41) is 7.86. The summed E-state index contributed by atoms with van der Waals surface area (Å²) < 4.78 is 5.91. The predicted molar refractivity (Wildman–Crippen MR) is 91.5 cm³/mol. The average Bonchev–Trinajstić information content (AvgIpc) is 2.92. The van der Waals surface area contributed by atoms with Crippen LogP contribution in [0, 0.1) is 0 Å². The molecular weight excluding hydrogens is 286 g/mol. The Kier molecular flexibility index (Phi) is 4.44. The Bertz CT molecular complexity index is 631.